The van der Waals surface area contributed by atoms with Gasteiger partial charge in [-0.1, -0.05) is 19.3 Å². The van der Waals surface area contributed by atoms with Crippen molar-refractivity contribution in [1.29, 1.82) is 0 Å². The molecule has 1 fully saturated rings. The molecule has 1 aromatic carbocycles. The number of hydrogen-bond acceptors (Lipinski definition) is 1. The van der Waals surface area contributed by atoms with Crippen LogP contribution in [0, 0.1) is 35.3 Å². The molecule has 1 aliphatic rings. The van der Waals surface area contributed by atoms with Crippen molar-refractivity contribution in [3.05, 3.63) is 29.3 Å². The topological polar surface area (TPSA) is 9.23 Å². The lowest BCUT2D eigenvalue weighted by Crippen LogP contribution is -2.16. The van der Waals surface area contributed by atoms with E-state index in [4.69, 9.17) is 4.74 Å². The Morgan fingerprint density at radius 2 is 1.61 bits per heavy atom. The summed E-state index contributed by atoms with van der Waals surface area (Å²) in [6, 6.07) is 1.75. The standard InChI is InChI=1S/C13H13F4O/c14-9-6-10(12(16)13(17)11(9)15)18-7-8-4-2-1-3-5-8/h8H,1-5,7H2. The average molecular weight is 261 g/mol. The van der Waals surface area contributed by atoms with Gasteiger partial charge in [-0.25, -0.2) is 13.2 Å². The van der Waals surface area contributed by atoms with Gasteiger partial charge in [-0.05, 0) is 18.8 Å². The average Bonchev–Trinajstić information content (AvgIpc) is 2.40. The van der Waals surface area contributed by atoms with E-state index in [9.17, 15) is 17.6 Å². The Kier molecular flexibility index (Phi) is 4.09. The lowest BCUT2D eigenvalue weighted by atomic mass is 9.90. The normalized spacial score (nSPS) is 16.9. The first-order valence-corrected chi connectivity index (χ1v) is 5.97. The van der Waals surface area contributed by atoms with Gasteiger partial charge in [0.25, 0.3) is 0 Å². The van der Waals surface area contributed by atoms with Crippen LogP contribution in [0.5, 0.6) is 5.75 Å². The van der Waals surface area contributed by atoms with E-state index in [-0.39, 0.29) is 12.5 Å². The van der Waals surface area contributed by atoms with Crippen LogP contribution in [0.2, 0.25) is 0 Å². The van der Waals surface area contributed by atoms with Crippen molar-refractivity contribution < 1.29 is 22.3 Å². The van der Waals surface area contributed by atoms with Crippen molar-refractivity contribution in [2.75, 3.05) is 6.61 Å². The lowest BCUT2D eigenvalue weighted by Gasteiger charge is -2.21. The highest BCUT2D eigenvalue weighted by molar-refractivity contribution is 5.26. The summed E-state index contributed by atoms with van der Waals surface area (Å²) in [6.07, 6.45) is 5.22. The maximum atomic E-state index is 13.3. The Bertz CT molecular complexity index is 427. The zero-order valence-corrected chi connectivity index (χ0v) is 9.74. The monoisotopic (exact) mass is 261 g/mol. The maximum absolute atomic E-state index is 13.3. The summed E-state index contributed by atoms with van der Waals surface area (Å²) in [5.41, 5.74) is 0. The van der Waals surface area contributed by atoms with Gasteiger partial charge in [-0.15, -0.1) is 0 Å². The smallest absolute Gasteiger partial charge is 0.204 e. The molecule has 0 spiro atoms. The van der Waals surface area contributed by atoms with Crippen LogP contribution < -0.4 is 4.74 Å². The first-order chi connectivity index (χ1) is 8.59. The van der Waals surface area contributed by atoms with Crippen LogP contribution in [0.3, 0.4) is 0 Å². The van der Waals surface area contributed by atoms with E-state index < -0.39 is 29.0 Å². The van der Waals surface area contributed by atoms with Crippen LogP contribution in [0.15, 0.2) is 0 Å². The Hall–Kier alpha value is -1.26. The van der Waals surface area contributed by atoms with Crippen molar-refractivity contribution in [2.24, 2.45) is 5.92 Å². The second-order valence-electron chi connectivity index (χ2n) is 4.53. The lowest BCUT2D eigenvalue weighted by molar-refractivity contribution is 0.198. The van der Waals surface area contributed by atoms with Crippen LogP contribution in [-0.2, 0) is 0 Å². The molecule has 0 saturated heterocycles. The largest absolute Gasteiger partial charge is 0.489 e. The molecule has 5 heteroatoms. The summed E-state index contributed by atoms with van der Waals surface area (Å²) in [4.78, 5) is 0. The van der Waals surface area contributed by atoms with Crippen molar-refractivity contribution in [3.63, 3.8) is 0 Å². The van der Waals surface area contributed by atoms with E-state index in [1.165, 1.54) is 0 Å². The second-order valence-corrected chi connectivity index (χ2v) is 4.53. The quantitative estimate of drug-likeness (QED) is 0.454. The molecule has 99 valence electrons. The predicted octanol–water partition coefficient (Wildman–Crippen LogP) is 4.00. The summed E-state index contributed by atoms with van der Waals surface area (Å²) in [6.45, 7) is 0.179. The molecule has 0 amide bonds. The highest BCUT2D eigenvalue weighted by Gasteiger charge is 2.21. The third kappa shape index (κ3) is 2.76. The zero-order valence-electron chi connectivity index (χ0n) is 9.74. The van der Waals surface area contributed by atoms with Gasteiger partial charge >= 0.3 is 0 Å². The molecule has 1 aromatic rings. The Labute approximate surface area is 103 Å². The second kappa shape index (κ2) is 5.59. The number of hydrogen-bond donors (Lipinski definition) is 0. The Balaban J connectivity index is 2.05. The Morgan fingerprint density at radius 1 is 0.944 bits per heavy atom. The first kappa shape index (κ1) is 13.2. The van der Waals surface area contributed by atoms with Gasteiger partial charge in [0.05, 0.1) is 12.7 Å². The molecule has 0 heterocycles. The van der Waals surface area contributed by atoms with Crippen molar-refractivity contribution in [1.82, 2.24) is 0 Å². The van der Waals surface area contributed by atoms with E-state index in [0.29, 0.717) is 0 Å². The van der Waals surface area contributed by atoms with Gasteiger partial charge < -0.3 is 4.74 Å². The Morgan fingerprint density at radius 3 is 2.28 bits per heavy atom. The fraction of sp³-hybridized carbons (Fsp3) is 0.538. The predicted molar refractivity (Wildman–Crippen MR) is 57.2 cm³/mol. The zero-order chi connectivity index (χ0) is 13.1. The van der Waals surface area contributed by atoms with E-state index >= 15 is 0 Å². The van der Waals surface area contributed by atoms with Gasteiger partial charge in [0.2, 0.25) is 11.6 Å². The molecule has 2 rings (SSSR count). The summed E-state index contributed by atoms with van der Waals surface area (Å²) in [5, 5.41) is 0. The molecule has 0 bridgehead atoms. The van der Waals surface area contributed by atoms with Crippen molar-refractivity contribution >= 4 is 0 Å². The van der Waals surface area contributed by atoms with Gasteiger partial charge in [0.1, 0.15) is 0 Å². The molecule has 1 saturated carbocycles. The SMILES string of the molecule is Fc1[c]c(OCC2CCCCC2)c(F)c(F)c1F. The molecule has 0 atom stereocenters. The molecule has 0 N–H and O–H groups in total. The third-order valence-electron chi connectivity index (χ3n) is 3.19. The molecule has 1 radical (unpaired) electrons. The molecule has 1 nitrogen and oxygen atoms in total. The summed E-state index contributed by atoms with van der Waals surface area (Å²) < 4.78 is 56.8. The van der Waals surface area contributed by atoms with Gasteiger partial charge in [-0.2, -0.15) is 4.39 Å². The van der Waals surface area contributed by atoms with Crippen LogP contribution in [0.4, 0.5) is 17.6 Å². The highest BCUT2D eigenvalue weighted by atomic mass is 19.2. The molecule has 0 unspecified atom stereocenters. The number of rotatable bonds is 3. The fourth-order valence-corrected chi connectivity index (χ4v) is 2.16. The van der Waals surface area contributed by atoms with Crippen molar-refractivity contribution in [3.8, 4) is 5.75 Å². The van der Waals surface area contributed by atoms with E-state index in [0.717, 1.165) is 32.1 Å². The summed E-state index contributed by atoms with van der Waals surface area (Å²) >= 11 is 0. The molecule has 1 aliphatic carbocycles. The van der Waals surface area contributed by atoms with Crippen LogP contribution in [0.1, 0.15) is 32.1 Å². The molecular formula is C13H13F4O. The van der Waals surface area contributed by atoms with Crippen LogP contribution >= 0.6 is 0 Å². The molecular weight excluding hydrogens is 248 g/mol. The van der Waals surface area contributed by atoms with E-state index in [1.807, 2.05) is 0 Å². The maximum Gasteiger partial charge on any atom is 0.204 e. The number of benzene rings is 1. The van der Waals surface area contributed by atoms with E-state index in [2.05, 4.69) is 0 Å². The first-order valence-electron chi connectivity index (χ1n) is 5.97. The molecule has 0 aromatic heterocycles. The minimum atomic E-state index is -1.86. The molecule has 0 aliphatic heterocycles. The van der Waals surface area contributed by atoms with Crippen LogP contribution in [-0.4, -0.2) is 6.61 Å². The van der Waals surface area contributed by atoms with Gasteiger partial charge in [0, 0.05) is 0 Å². The summed E-state index contributed by atoms with van der Waals surface area (Å²) in [5.74, 6) is -7.24. The minimum absolute atomic E-state index is 0.179. The molecule has 18 heavy (non-hydrogen) atoms. The third-order valence-corrected chi connectivity index (χ3v) is 3.19. The number of halogens is 4. The highest BCUT2D eigenvalue weighted by Crippen LogP contribution is 2.27. The van der Waals surface area contributed by atoms with E-state index in [1.54, 1.807) is 6.07 Å². The van der Waals surface area contributed by atoms with Crippen molar-refractivity contribution in [2.45, 2.75) is 32.1 Å². The fourth-order valence-electron chi connectivity index (χ4n) is 2.16. The summed E-state index contributed by atoms with van der Waals surface area (Å²) in [7, 11) is 0. The minimum Gasteiger partial charge on any atom is -0.489 e. The van der Waals surface area contributed by atoms with Gasteiger partial charge in [-0.3, -0.25) is 0 Å². The van der Waals surface area contributed by atoms with Crippen LogP contribution in [0.25, 0.3) is 0 Å². The van der Waals surface area contributed by atoms with Gasteiger partial charge in [0.15, 0.2) is 17.4 Å². The number of ether oxygens (including phenoxy) is 1.